The van der Waals surface area contributed by atoms with Crippen LogP contribution in [0.4, 0.5) is 5.69 Å². The summed E-state index contributed by atoms with van der Waals surface area (Å²) >= 11 is 0. The molecule has 25 heavy (non-hydrogen) atoms. The van der Waals surface area contributed by atoms with E-state index in [4.69, 9.17) is 5.73 Å². The zero-order chi connectivity index (χ0) is 17.4. The van der Waals surface area contributed by atoms with Gasteiger partial charge < -0.3 is 15.6 Å². The van der Waals surface area contributed by atoms with Crippen LogP contribution in [0.25, 0.3) is 11.0 Å². The van der Waals surface area contributed by atoms with Crippen LogP contribution in [-0.4, -0.2) is 23.1 Å². The number of benzene rings is 2. The third kappa shape index (κ3) is 2.91. The number of aromatic nitrogens is 2. The number of nitrogens with two attached hydrogens (primary N) is 1. The van der Waals surface area contributed by atoms with Gasteiger partial charge in [-0.05, 0) is 48.2 Å². The molecule has 0 spiro atoms. The Labute approximate surface area is 149 Å². The molecule has 2 aromatic carbocycles. The van der Waals surface area contributed by atoms with Crippen molar-refractivity contribution in [2.45, 2.75) is 38.1 Å². The molecule has 1 saturated heterocycles. The van der Waals surface area contributed by atoms with Crippen LogP contribution >= 0.6 is 0 Å². The molecule has 1 fully saturated rings. The van der Waals surface area contributed by atoms with Crippen LogP contribution in [0.3, 0.4) is 0 Å². The molecule has 3 N–H and O–H groups in total. The van der Waals surface area contributed by atoms with Crippen molar-refractivity contribution in [3.05, 3.63) is 59.9 Å². The Hall–Kier alpha value is -2.33. The van der Waals surface area contributed by atoms with Gasteiger partial charge >= 0.3 is 0 Å². The number of anilines is 1. The number of imidazole rings is 1. The molecule has 2 heterocycles. The molecule has 1 aromatic heterocycles. The van der Waals surface area contributed by atoms with Gasteiger partial charge in [-0.2, -0.15) is 0 Å². The zero-order valence-electron chi connectivity index (χ0n) is 15.0. The van der Waals surface area contributed by atoms with Gasteiger partial charge in [0.2, 0.25) is 0 Å². The molecular formula is C21H26N4. The molecule has 1 aliphatic heterocycles. The first-order valence-electron chi connectivity index (χ1n) is 9.09. The predicted octanol–water partition coefficient (Wildman–Crippen LogP) is 4.14. The molecule has 0 unspecified atom stereocenters. The predicted molar refractivity (Wildman–Crippen MR) is 104 cm³/mol. The Morgan fingerprint density at radius 3 is 2.76 bits per heavy atom. The van der Waals surface area contributed by atoms with Crippen molar-refractivity contribution in [1.82, 2.24) is 9.97 Å². The van der Waals surface area contributed by atoms with Gasteiger partial charge in [-0.3, -0.25) is 0 Å². The number of nitrogens with zero attached hydrogens (tertiary/aromatic N) is 2. The Balaban J connectivity index is 1.62. The molecule has 3 aromatic rings. The average Bonchev–Trinajstić information content (AvgIpc) is 3.30. The van der Waals surface area contributed by atoms with Crippen LogP contribution in [0.5, 0.6) is 0 Å². The highest BCUT2D eigenvalue weighted by atomic mass is 15.2. The van der Waals surface area contributed by atoms with Gasteiger partial charge in [0.1, 0.15) is 0 Å². The van der Waals surface area contributed by atoms with E-state index in [1.54, 1.807) is 6.33 Å². The largest absolute Gasteiger partial charge is 0.364 e. The third-order valence-corrected chi connectivity index (χ3v) is 5.57. The lowest BCUT2D eigenvalue weighted by Gasteiger charge is -2.29. The van der Waals surface area contributed by atoms with E-state index in [9.17, 15) is 0 Å². The Morgan fingerprint density at radius 2 is 2.00 bits per heavy atom. The highest BCUT2D eigenvalue weighted by Crippen LogP contribution is 2.37. The molecular weight excluding hydrogens is 308 g/mol. The first-order valence-corrected chi connectivity index (χ1v) is 9.09. The Bertz CT molecular complexity index is 863. The molecule has 1 aliphatic rings. The maximum Gasteiger partial charge on any atom is 0.0931 e. The van der Waals surface area contributed by atoms with Gasteiger partial charge in [-0.25, -0.2) is 4.98 Å². The van der Waals surface area contributed by atoms with Crippen LogP contribution in [-0.2, 0) is 5.41 Å². The fraction of sp³-hybridized carbons (Fsp3) is 0.381. The second-order valence-electron chi connectivity index (χ2n) is 7.67. The van der Waals surface area contributed by atoms with E-state index in [0.717, 1.165) is 17.6 Å². The Morgan fingerprint density at radius 1 is 1.20 bits per heavy atom. The SMILES string of the molecule is CC(C)(CN)c1ccc(N2CCC[C@@H]2c2ccc3nc[nH]c3c2)cc1. The maximum atomic E-state index is 5.91. The average molecular weight is 334 g/mol. The minimum atomic E-state index is 0.0224. The summed E-state index contributed by atoms with van der Waals surface area (Å²) in [6.45, 7) is 6.15. The summed E-state index contributed by atoms with van der Waals surface area (Å²) in [5, 5.41) is 0. The van der Waals surface area contributed by atoms with E-state index in [1.165, 1.54) is 29.7 Å². The quantitative estimate of drug-likeness (QED) is 0.754. The molecule has 4 nitrogen and oxygen atoms in total. The van der Waals surface area contributed by atoms with E-state index in [2.05, 4.69) is 71.2 Å². The van der Waals surface area contributed by atoms with Crippen molar-refractivity contribution < 1.29 is 0 Å². The molecule has 4 heteroatoms. The van der Waals surface area contributed by atoms with Gasteiger partial charge in [0.25, 0.3) is 0 Å². The van der Waals surface area contributed by atoms with Crippen molar-refractivity contribution in [1.29, 1.82) is 0 Å². The van der Waals surface area contributed by atoms with Crippen LogP contribution in [0.2, 0.25) is 0 Å². The minimum absolute atomic E-state index is 0.0224. The lowest BCUT2D eigenvalue weighted by molar-refractivity contribution is 0.539. The van der Waals surface area contributed by atoms with E-state index in [-0.39, 0.29) is 5.41 Å². The zero-order valence-corrected chi connectivity index (χ0v) is 15.0. The minimum Gasteiger partial charge on any atom is -0.364 e. The van der Waals surface area contributed by atoms with E-state index in [0.29, 0.717) is 12.6 Å². The molecule has 130 valence electrons. The van der Waals surface area contributed by atoms with Crippen LogP contribution < -0.4 is 10.6 Å². The number of hydrogen-bond donors (Lipinski definition) is 2. The van der Waals surface area contributed by atoms with Gasteiger partial charge in [-0.15, -0.1) is 0 Å². The van der Waals surface area contributed by atoms with E-state index >= 15 is 0 Å². The summed E-state index contributed by atoms with van der Waals surface area (Å²) < 4.78 is 0. The van der Waals surface area contributed by atoms with Crippen molar-refractivity contribution >= 4 is 16.7 Å². The number of aromatic amines is 1. The number of fused-ring (bicyclic) bond motifs is 1. The second kappa shape index (κ2) is 6.19. The van der Waals surface area contributed by atoms with Crippen LogP contribution in [0, 0.1) is 0 Å². The highest BCUT2D eigenvalue weighted by Gasteiger charge is 2.27. The molecule has 0 radical (unpaired) electrons. The number of H-pyrrole nitrogens is 1. The fourth-order valence-corrected chi connectivity index (χ4v) is 3.80. The van der Waals surface area contributed by atoms with Crippen molar-refractivity contribution in [2.24, 2.45) is 5.73 Å². The topological polar surface area (TPSA) is 57.9 Å². The summed E-state index contributed by atoms with van der Waals surface area (Å²) in [5.41, 5.74) is 12.0. The molecule has 0 amide bonds. The third-order valence-electron chi connectivity index (χ3n) is 5.57. The number of rotatable bonds is 4. The monoisotopic (exact) mass is 334 g/mol. The summed E-state index contributed by atoms with van der Waals surface area (Å²) in [5.74, 6) is 0. The first-order chi connectivity index (χ1) is 12.1. The standard InChI is InChI=1S/C21H26N4/c1-21(2,13-22)16-6-8-17(9-7-16)25-11-3-4-20(25)15-5-10-18-19(12-15)24-14-23-18/h5-10,12,14,20H,3-4,11,13,22H2,1-2H3,(H,23,24)/t20-/m1/s1. The van der Waals surface area contributed by atoms with Gasteiger partial charge in [-0.1, -0.05) is 32.0 Å². The highest BCUT2D eigenvalue weighted by molar-refractivity contribution is 5.75. The summed E-state index contributed by atoms with van der Waals surface area (Å²) in [6.07, 6.45) is 4.18. The summed E-state index contributed by atoms with van der Waals surface area (Å²) in [4.78, 5) is 10.1. The smallest absolute Gasteiger partial charge is 0.0931 e. The lowest BCUT2D eigenvalue weighted by atomic mass is 9.85. The fourth-order valence-electron chi connectivity index (χ4n) is 3.80. The number of hydrogen-bond acceptors (Lipinski definition) is 3. The van der Waals surface area contributed by atoms with Crippen LogP contribution in [0.15, 0.2) is 48.8 Å². The Kier molecular flexibility index (Phi) is 4.00. The van der Waals surface area contributed by atoms with Gasteiger partial charge in [0, 0.05) is 24.2 Å². The second-order valence-corrected chi connectivity index (χ2v) is 7.67. The van der Waals surface area contributed by atoms with Crippen molar-refractivity contribution in [3.63, 3.8) is 0 Å². The normalized spacial score (nSPS) is 18.2. The van der Waals surface area contributed by atoms with Crippen molar-refractivity contribution in [2.75, 3.05) is 18.0 Å². The summed E-state index contributed by atoms with van der Waals surface area (Å²) in [7, 11) is 0. The van der Waals surface area contributed by atoms with E-state index < -0.39 is 0 Å². The van der Waals surface area contributed by atoms with Crippen molar-refractivity contribution in [3.8, 4) is 0 Å². The van der Waals surface area contributed by atoms with Gasteiger partial charge in [0.15, 0.2) is 0 Å². The number of nitrogens with one attached hydrogen (secondary N) is 1. The van der Waals surface area contributed by atoms with Crippen LogP contribution in [0.1, 0.15) is 43.9 Å². The molecule has 0 bridgehead atoms. The van der Waals surface area contributed by atoms with Gasteiger partial charge in [0.05, 0.1) is 23.4 Å². The first kappa shape index (κ1) is 16.2. The van der Waals surface area contributed by atoms with E-state index in [1.807, 2.05) is 0 Å². The molecule has 4 rings (SSSR count). The molecule has 0 saturated carbocycles. The molecule has 0 aliphatic carbocycles. The molecule has 1 atom stereocenters. The summed E-state index contributed by atoms with van der Waals surface area (Å²) in [6, 6.07) is 16.0. The maximum absolute atomic E-state index is 5.91. The lowest BCUT2D eigenvalue weighted by Crippen LogP contribution is -2.28.